The molecule has 0 atom stereocenters. The molecule has 192 valence electrons. The molecule has 1 saturated heterocycles. The van der Waals surface area contributed by atoms with Gasteiger partial charge in [-0.25, -0.2) is 0 Å². The van der Waals surface area contributed by atoms with Crippen LogP contribution in [-0.4, -0.2) is 63.7 Å². The molecule has 1 aliphatic rings. The zero-order valence-electron chi connectivity index (χ0n) is 19.1. The quantitative estimate of drug-likeness (QED) is 0.505. The van der Waals surface area contributed by atoms with E-state index in [1.165, 1.54) is 12.3 Å². The van der Waals surface area contributed by atoms with Gasteiger partial charge in [0, 0.05) is 31.4 Å². The van der Waals surface area contributed by atoms with Gasteiger partial charge < -0.3 is 14.2 Å². The van der Waals surface area contributed by atoms with Crippen molar-refractivity contribution in [3.8, 4) is 17.0 Å². The minimum Gasteiger partial charge on any atom is -0.419 e. The number of ether oxygens (including phenoxy) is 3. The van der Waals surface area contributed by atoms with Crippen LogP contribution in [0.1, 0.15) is 25.3 Å². The van der Waals surface area contributed by atoms with Crippen LogP contribution in [0.15, 0.2) is 41.4 Å². The molecule has 0 bridgehead atoms. The van der Waals surface area contributed by atoms with Crippen LogP contribution in [0.25, 0.3) is 11.3 Å². The average Bonchev–Trinajstić information content (AvgIpc) is 2.79. The normalized spacial score (nSPS) is 15.1. The standard InChI is InChI=1S/C22H26F3N3O6S/c1-2-3-10-33-21(29)27-35(30,31)20-7-5-17(34-22(23,24)25)13-18(20)19-6-4-16(14-26-19)15-28-8-11-32-12-9-28/h4-7,13-14H,2-3,8-12,15H2,1H3,(H,27,29)/p+1. The monoisotopic (exact) mass is 518 g/mol. The van der Waals surface area contributed by atoms with Gasteiger partial charge in [0.05, 0.1) is 25.5 Å². The number of nitrogens with zero attached hydrogens (tertiary/aromatic N) is 2. The summed E-state index contributed by atoms with van der Waals surface area (Å²) in [4.78, 5) is 18.0. The van der Waals surface area contributed by atoms with Crippen LogP contribution in [0.2, 0.25) is 0 Å². The first-order valence-corrected chi connectivity index (χ1v) is 12.5. The molecule has 0 saturated carbocycles. The van der Waals surface area contributed by atoms with Gasteiger partial charge in [0.15, 0.2) is 0 Å². The lowest BCUT2D eigenvalue weighted by Gasteiger charge is -2.26. The fraction of sp³-hybridized carbons (Fsp3) is 0.455. The van der Waals surface area contributed by atoms with Gasteiger partial charge in [-0.15, -0.1) is 17.9 Å². The van der Waals surface area contributed by atoms with E-state index >= 15 is 0 Å². The summed E-state index contributed by atoms with van der Waals surface area (Å²) in [6, 6.07) is 5.98. The molecular formula is C22H27F3N3O6S+. The fourth-order valence-corrected chi connectivity index (χ4v) is 4.57. The molecule has 1 fully saturated rings. The van der Waals surface area contributed by atoms with Gasteiger partial charge in [-0.1, -0.05) is 19.4 Å². The highest BCUT2D eigenvalue weighted by molar-refractivity contribution is 7.85. The Hall–Kier alpha value is -2.74. The number of hydrogen-bond acceptors (Lipinski definition) is 8. The topological polar surface area (TPSA) is 112 Å². The Bertz CT molecular complexity index is 1100. The third-order valence-electron chi connectivity index (χ3n) is 5.10. The summed E-state index contributed by atoms with van der Waals surface area (Å²) in [5.41, 5.74) is 0.811. The van der Waals surface area contributed by atoms with E-state index in [0.717, 1.165) is 43.3 Å². The minimum absolute atomic E-state index is 0.0543. The van der Waals surface area contributed by atoms with Crippen LogP contribution in [0, 0.1) is 0 Å². The second-order valence-electron chi connectivity index (χ2n) is 7.83. The molecule has 1 amide bonds. The number of morpholine rings is 1. The van der Waals surface area contributed by atoms with Crippen molar-refractivity contribution >= 4 is 16.1 Å². The lowest BCUT2D eigenvalue weighted by Crippen LogP contribution is -2.90. The fourth-order valence-electron chi connectivity index (χ4n) is 3.39. The first kappa shape index (κ1) is 26.9. The number of rotatable bonds is 9. The van der Waals surface area contributed by atoms with Gasteiger partial charge in [0.2, 0.25) is 0 Å². The van der Waals surface area contributed by atoms with Crippen molar-refractivity contribution in [3.63, 3.8) is 0 Å². The van der Waals surface area contributed by atoms with Crippen LogP contribution < -0.4 is 9.46 Å². The summed E-state index contributed by atoms with van der Waals surface area (Å²) < 4.78 is 78.7. The predicted molar refractivity (Wildman–Crippen MR) is 118 cm³/mol. The van der Waals surface area contributed by atoms with Gasteiger partial charge in [-0.05, 0) is 36.2 Å². The molecule has 2 heterocycles. The SMILES string of the molecule is CCCCOC(=O)[NH2+]S(=O)(=O)c1ccc(OC(F)(F)F)cc1-c1ccc(CN2CCOCC2)cn1. The number of alkyl halides is 3. The summed E-state index contributed by atoms with van der Waals surface area (Å²) in [5, 5.41) is 0. The van der Waals surface area contributed by atoms with Crippen molar-refractivity contribution in [1.82, 2.24) is 9.88 Å². The molecule has 13 heteroatoms. The number of pyridine rings is 1. The van der Waals surface area contributed by atoms with Gasteiger partial charge in [-0.2, -0.15) is 13.2 Å². The van der Waals surface area contributed by atoms with Gasteiger partial charge in [0.25, 0.3) is 0 Å². The van der Waals surface area contributed by atoms with Crippen LogP contribution in [-0.2, 0) is 26.0 Å². The number of sulfonamides is 1. The number of primary sulfonamides is 1. The van der Waals surface area contributed by atoms with E-state index in [0.29, 0.717) is 30.9 Å². The number of quaternary nitrogens is 1. The molecule has 0 radical (unpaired) electrons. The largest absolute Gasteiger partial charge is 0.573 e. The van der Waals surface area contributed by atoms with Crippen molar-refractivity contribution in [2.24, 2.45) is 0 Å². The summed E-state index contributed by atoms with van der Waals surface area (Å²) in [7, 11) is -4.37. The van der Waals surface area contributed by atoms with Gasteiger partial charge in [-0.3, -0.25) is 9.88 Å². The second kappa shape index (κ2) is 11.8. The molecule has 1 aliphatic heterocycles. The number of carbonyl (C=O) groups excluding carboxylic acids is 1. The zero-order chi connectivity index (χ0) is 25.5. The molecule has 1 aromatic heterocycles. The number of halogens is 3. The van der Waals surface area contributed by atoms with Crippen LogP contribution in [0.3, 0.4) is 0 Å². The van der Waals surface area contributed by atoms with Crippen LogP contribution in [0.5, 0.6) is 5.75 Å². The van der Waals surface area contributed by atoms with E-state index in [9.17, 15) is 26.4 Å². The summed E-state index contributed by atoms with van der Waals surface area (Å²) in [5.74, 6) is -0.615. The summed E-state index contributed by atoms with van der Waals surface area (Å²) >= 11 is 0. The second-order valence-corrected chi connectivity index (χ2v) is 9.60. The van der Waals surface area contributed by atoms with E-state index < -0.39 is 33.1 Å². The van der Waals surface area contributed by atoms with Crippen LogP contribution in [0.4, 0.5) is 18.0 Å². The first-order valence-electron chi connectivity index (χ1n) is 11.0. The number of hydrogen-bond donors (Lipinski definition) is 1. The Labute approximate surface area is 201 Å². The van der Waals surface area contributed by atoms with E-state index in [1.807, 2.05) is 6.92 Å². The Kier molecular flexibility index (Phi) is 9.05. The Balaban J connectivity index is 1.89. The Morgan fingerprint density at radius 2 is 1.94 bits per heavy atom. The number of carbonyl (C=O) groups is 1. The zero-order valence-corrected chi connectivity index (χ0v) is 19.9. The third kappa shape index (κ3) is 8.16. The van der Waals surface area contributed by atoms with Crippen molar-refractivity contribution < 1.29 is 45.3 Å². The molecular weight excluding hydrogens is 491 g/mol. The Morgan fingerprint density at radius 1 is 1.20 bits per heavy atom. The van der Waals surface area contributed by atoms with Crippen molar-refractivity contribution in [2.75, 3.05) is 32.9 Å². The number of aromatic nitrogens is 1. The van der Waals surface area contributed by atoms with Gasteiger partial charge >= 0.3 is 22.5 Å². The molecule has 1 aromatic carbocycles. The number of unbranched alkanes of at least 4 members (excludes halogenated alkanes) is 1. The van der Waals surface area contributed by atoms with E-state index in [2.05, 4.69) is 14.6 Å². The molecule has 2 N–H and O–H groups in total. The summed E-state index contributed by atoms with van der Waals surface area (Å²) in [6.45, 7) is 5.28. The van der Waals surface area contributed by atoms with E-state index in [4.69, 9.17) is 9.47 Å². The molecule has 2 aromatic rings. The molecule has 9 nitrogen and oxygen atoms in total. The molecule has 0 aliphatic carbocycles. The molecule has 0 spiro atoms. The van der Waals surface area contributed by atoms with Crippen LogP contribution >= 0.6 is 0 Å². The van der Waals surface area contributed by atoms with E-state index in [1.54, 1.807) is 6.07 Å². The number of nitrogens with two attached hydrogens (primary N) is 1. The summed E-state index contributed by atoms with van der Waals surface area (Å²) in [6.07, 6.45) is -3.19. The van der Waals surface area contributed by atoms with Crippen molar-refractivity contribution in [2.45, 2.75) is 37.6 Å². The molecule has 3 rings (SSSR count). The predicted octanol–water partition coefficient (Wildman–Crippen LogP) is 2.67. The highest BCUT2D eigenvalue weighted by Gasteiger charge is 2.33. The van der Waals surface area contributed by atoms with Crippen molar-refractivity contribution in [1.29, 1.82) is 0 Å². The number of primary amides is 1. The van der Waals surface area contributed by atoms with Crippen molar-refractivity contribution in [3.05, 3.63) is 42.1 Å². The maximum Gasteiger partial charge on any atom is 0.573 e. The molecule has 0 unspecified atom stereocenters. The minimum atomic E-state index is -4.97. The third-order valence-corrected chi connectivity index (χ3v) is 6.57. The Morgan fingerprint density at radius 3 is 2.57 bits per heavy atom. The number of benzene rings is 1. The maximum absolute atomic E-state index is 12.9. The molecule has 35 heavy (non-hydrogen) atoms. The lowest BCUT2D eigenvalue weighted by atomic mass is 10.1. The lowest BCUT2D eigenvalue weighted by molar-refractivity contribution is -0.407. The highest BCUT2D eigenvalue weighted by Crippen LogP contribution is 2.32. The maximum atomic E-state index is 12.9. The first-order chi connectivity index (χ1) is 16.6. The highest BCUT2D eigenvalue weighted by atomic mass is 32.2. The number of amides is 1. The average molecular weight is 519 g/mol. The van der Waals surface area contributed by atoms with E-state index in [-0.39, 0.29) is 17.9 Å². The smallest absolute Gasteiger partial charge is 0.419 e. The van der Waals surface area contributed by atoms with Gasteiger partial charge in [0.1, 0.15) is 10.6 Å².